The lowest BCUT2D eigenvalue weighted by Crippen LogP contribution is -2.16. The molecular formula is C73H50N2O. The van der Waals surface area contributed by atoms with Gasteiger partial charge in [-0.3, -0.25) is 0 Å². The summed E-state index contributed by atoms with van der Waals surface area (Å²) in [6.45, 7) is 4.73. The number of fused-ring (bicyclic) bond motifs is 14. The molecule has 1 aliphatic rings. The third-order valence-corrected chi connectivity index (χ3v) is 16.2. The topological polar surface area (TPSA) is 19.6 Å². The number of anilines is 6. The van der Waals surface area contributed by atoms with Gasteiger partial charge in [0.2, 0.25) is 0 Å². The van der Waals surface area contributed by atoms with Gasteiger partial charge in [-0.25, -0.2) is 0 Å². The highest BCUT2D eigenvalue weighted by Crippen LogP contribution is 2.53. The molecule has 1 heterocycles. The Morgan fingerprint density at radius 1 is 0.303 bits per heavy atom. The van der Waals surface area contributed by atoms with Crippen LogP contribution in [0.4, 0.5) is 34.1 Å². The van der Waals surface area contributed by atoms with E-state index in [0.29, 0.717) is 0 Å². The largest absolute Gasteiger partial charge is 0.454 e. The number of benzene rings is 13. The lowest BCUT2D eigenvalue weighted by molar-refractivity contribution is 0.660. The van der Waals surface area contributed by atoms with Crippen molar-refractivity contribution < 1.29 is 4.42 Å². The van der Waals surface area contributed by atoms with Crippen molar-refractivity contribution in [2.75, 3.05) is 9.80 Å². The lowest BCUT2D eigenvalue weighted by Gasteiger charge is -2.30. The maximum atomic E-state index is 6.78. The summed E-state index contributed by atoms with van der Waals surface area (Å²) in [7, 11) is 0. The summed E-state index contributed by atoms with van der Waals surface area (Å²) in [6, 6.07) is 97.7. The van der Waals surface area contributed by atoms with Gasteiger partial charge < -0.3 is 14.2 Å². The van der Waals surface area contributed by atoms with Crippen LogP contribution >= 0.6 is 0 Å². The van der Waals surface area contributed by atoms with E-state index in [1.165, 1.54) is 71.1 Å². The molecule has 358 valence electrons. The number of nitrogens with zero attached hydrogens (tertiary/aromatic N) is 2. The van der Waals surface area contributed by atoms with E-state index in [2.05, 4.69) is 285 Å². The monoisotopic (exact) mass is 970 g/mol. The van der Waals surface area contributed by atoms with Crippen LogP contribution in [0.3, 0.4) is 0 Å². The molecule has 3 heteroatoms. The lowest BCUT2D eigenvalue weighted by atomic mass is 9.82. The van der Waals surface area contributed by atoms with Crippen LogP contribution in [-0.4, -0.2) is 0 Å². The van der Waals surface area contributed by atoms with E-state index in [1.807, 2.05) is 6.07 Å². The van der Waals surface area contributed by atoms with Crippen molar-refractivity contribution in [3.05, 3.63) is 278 Å². The van der Waals surface area contributed by atoms with Crippen LogP contribution in [0.5, 0.6) is 0 Å². The molecule has 14 aromatic rings. The highest BCUT2D eigenvalue weighted by molar-refractivity contribution is 6.32. The summed E-state index contributed by atoms with van der Waals surface area (Å²) in [4.78, 5) is 4.87. The second-order valence-electron chi connectivity index (χ2n) is 20.8. The van der Waals surface area contributed by atoms with Crippen molar-refractivity contribution in [3.8, 4) is 33.4 Å². The summed E-state index contributed by atoms with van der Waals surface area (Å²) in [5.74, 6) is 0. The van der Waals surface area contributed by atoms with Gasteiger partial charge in [-0.15, -0.1) is 0 Å². The van der Waals surface area contributed by atoms with Crippen molar-refractivity contribution in [2.45, 2.75) is 19.3 Å². The zero-order valence-electron chi connectivity index (χ0n) is 42.2. The smallest absolute Gasteiger partial charge is 0.159 e. The van der Waals surface area contributed by atoms with Gasteiger partial charge >= 0.3 is 0 Å². The van der Waals surface area contributed by atoms with Crippen molar-refractivity contribution in [1.29, 1.82) is 0 Å². The summed E-state index contributed by atoms with van der Waals surface area (Å²) in [5, 5.41) is 11.9. The number of furan rings is 1. The summed E-state index contributed by atoms with van der Waals surface area (Å²) in [5.41, 5.74) is 18.0. The van der Waals surface area contributed by atoms with Gasteiger partial charge in [-0.05, 0) is 137 Å². The Balaban J connectivity index is 0.928. The highest BCUT2D eigenvalue weighted by Gasteiger charge is 2.36. The minimum absolute atomic E-state index is 0.151. The van der Waals surface area contributed by atoms with Crippen LogP contribution in [-0.2, 0) is 5.41 Å². The number of rotatable bonds is 8. The fourth-order valence-electron chi connectivity index (χ4n) is 12.7. The third-order valence-electron chi connectivity index (χ3n) is 16.2. The van der Waals surface area contributed by atoms with Crippen LogP contribution in [0, 0.1) is 0 Å². The van der Waals surface area contributed by atoms with E-state index in [-0.39, 0.29) is 5.41 Å². The first-order valence-electron chi connectivity index (χ1n) is 26.3. The van der Waals surface area contributed by atoms with Gasteiger partial charge in [0.15, 0.2) is 5.58 Å². The fourth-order valence-corrected chi connectivity index (χ4v) is 12.7. The molecule has 13 aromatic carbocycles. The van der Waals surface area contributed by atoms with E-state index in [1.54, 1.807) is 0 Å². The Labute approximate surface area is 441 Å². The standard InChI is InChI=1S/C73H50N2O/c1-73(2)65-31-15-11-27-58(65)59-43-39-52(46-66(59)73)74(67-32-16-12-24-53(67)47-20-5-3-6-21-47)51-38-42-57-62-40-36-49-44-50(37-41-55(49)71(62)61-29-10-9-26-56(61)64(57)45-51)75(68-33-17-13-25-54(68)48-22-7-4-8-23-48)69-34-19-30-63-60-28-14-18-35-70(60)76-72(63)69/h3-46H,1-2H3. The molecule has 1 aliphatic carbocycles. The Bertz CT molecular complexity index is 4610. The van der Waals surface area contributed by atoms with Gasteiger partial charge in [0.1, 0.15) is 5.58 Å². The zero-order chi connectivity index (χ0) is 50.5. The molecule has 0 aliphatic heterocycles. The first-order valence-corrected chi connectivity index (χ1v) is 26.3. The summed E-state index contributed by atoms with van der Waals surface area (Å²) >= 11 is 0. The summed E-state index contributed by atoms with van der Waals surface area (Å²) < 4.78 is 6.78. The van der Waals surface area contributed by atoms with Gasteiger partial charge in [0, 0.05) is 44.4 Å². The van der Waals surface area contributed by atoms with E-state index in [9.17, 15) is 0 Å². The first kappa shape index (κ1) is 43.8. The van der Waals surface area contributed by atoms with E-state index >= 15 is 0 Å². The second kappa shape index (κ2) is 17.2. The van der Waals surface area contributed by atoms with Crippen LogP contribution in [0.2, 0.25) is 0 Å². The Kier molecular flexibility index (Phi) is 9.92. The average Bonchev–Trinajstić information content (AvgIpc) is 4.09. The summed E-state index contributed by atoms with van der Waals surface area (Å²) in [6.07, 6.45) is 0. The Morgan fingerprint density at radius 3 is 1.55 bits per heavy atom. The molecule has 76 heavy (non-hydrogen) atoms. The number of para-hydroxylation sites is 4. The quantitative estimate of drug-likeness (QED) is 0.142. The van der Waals surface area contributed by atoms with Crippen LogP contribution < -0.4 is 9.80 Å². The van der Waals surface area contributed by atoms with Crippen molar-refractivity contribution >= 4 is 99.2 Å². The van der Waals surface area contributed by atoms with Gasteiger partial charge in [-0.2, -0.15) is 0 Å². The first-order chi connectivity index (χ1) is 37.5. The van der Waals surface area contributed by atoms with Crippen LogP contribution in [0.1, 0.15) is 25.0 Å². The molecule has 0 unspecified atom stereocenters. The van der Waals surface area contributed by atoms with Gasteiger partial charge in [0.05, 0.1) is 17.1 Å². The fraction of sp³-hybridized carbons (Fsp3) is 0.0411. The van der Waals surface area contributed by atoms with Crippen molar-refractivity contribution in [1.82, 2.24) is 0 Å². The molecule has 0 radical (unpaired) electrons. The van der Waals surface area contributed by atoms with E-state index < -0.39 is 0 Å². The zero-order valence-corrected chi connectivity index (χ0v) is 42.2. The van der Waals surface area contributed by atoms with Gasteiger partial charge in [0.25, 0.3) is 0 Å². The molecule has 0 saturated heterocycles. The molecule has 0 atom stereocenters. The minimum Gasteiger partial charge on any atom is -0.454 e. The molecular weight excluding hydrogens is 921 g/mol. The maximum absolute atomic E-state index is 6.78. The van der Waals surface area contributed by atoms with E-state index in [4.69, 9.17) is 4.42 Å². The maximum Gasteiger partial charge on any atom is 0.159 e. The molecule has 0 saturated carbocycles. The molecule has 0 amide bonds. The SMILES string of the molecule is CC1(C)c2ccccc2-c2ccc(N(c3ccc4c(c3)c3ccccc3c3c5ccc(N(c6ccccc6-c6ccccc6)c6cccc7c6oc6ccccc67)cc5ccc43)c3ccccc3-c3ccccc3)cc21. The van der Waals surface area contributed by atoms with Gasteiger partial charge in [-0.1, -0.05) is 220 Å². The normalized spacial score (nSPS) is 12.7. The molecule has 0 spiro atoms. The van der Waals surface area contributed by atoms with E-state index in [0.717, 1.165) is 72.6 Å². The average molecular weight is 971 g/mol. The molecule has 15 rings (SSSR count). The van der Waals surface area contributed by atoms with Crippen LogP contribution in [0.25, 0.3) is 98.4 Å². The third kappa shape index (κ3) is 6.75. The minimum atomic E-state index is -0.151. The molecule has 1 aromatic heterocycles. The second-order valence-corrected chi connectivity index (χ2v) is 20.8. The van der Waals surface area contributed by atoms with Crippen molar-refractivity contribution in [2.24, 2.45) is 0 Å². The Morgan fingerprint density at radius 2 is 0.803 bits per heavy atom. The molecule has 3 nitrogen and oxygen atoms in total. The number of hydrogen-bond donors (Lipinski definition) is 0. The molecule has 0 fully saturated rings. The number of hydrogen-bond acceptors (Lipinski definition) is 3. The predicted octanol–water partition coefficient (Wildman–Crippen LogP) is 20.8. The predicted molar refractivity (Wildman–Crippen MR) is 322 cm³/mol. The highest BCUT2D eigenvalue weighted by atomic mass is 16.3. The Hall–Kier alpha value is -9.70. The van der Waals surface area contributed by atoms with Crippen LogP contribution in [0.15, 0.2) is 271 Å². The molecule has 0 N–H and O–H groups in total. The van der Waals surface area contributed by atoms with Crippen molar-refractivity contribution in [3.63, 3.8) is 0 Å². The molecule has 0 bridgehead atoms.